The topological polar surface area (TPSA) is 49.4 Å². The molecule has 4 nitrogen and oxygen atoms in total. The number of benzene rings is 2. The summed E-state index contributed by atoms with van der Waals surface area (Å²) in [6.45, 7) is 1.62. The van der Waals surface area contributed by atoms with Crippen molar-refractivity contribution in [3.63, 3.8) is 0 Å². The number of thioether (sulfide) groups is 1. The molecule has 0 aromatic heterocycles. The maximum Gasteiger partial charge on any atom is 0.257 e. The van der Waals surface area contributed by atoms with Crippen LogP contribution in [0.25, 0.3) is 0 Å². The monoisotopic (exact) mass is 455 g/mol. The fourth-order valence-electron chi connectivity index (χ4n) is 3.12. The van der Waals surface area contributed by atoms with Crippen LogP contribution in [0.5, 0.6) is 5.75 Å². The van der Waals surface area contributed by atoms with Gasteiger partial charge in [-0.15, -0.1) is 11.8 Å². The second-order valence-electron chi connectivity index (χ2n) is 6.34. The number of halogens is 2. The van der Waals surface area contributed by atoms with E-state index in [1.54, 1.807) is 18.9 Å². The van der Waals surface area contributed by atoms with Crippen LogP contribution in [0, 0.1) is 0 Å². The molecule has 0 bridgehead atoms. The van der Waals surface area contributed by atoms with Crippen molar-refractivity contribution in [2.75, 3.05) is 20.2 Å². The number of methoxy groups -OCH3 is 1. The molecule has 1 aliphatic rings. The first-order chi connectivity index (χ1) is 12.4. The molecule has 0 unspecified atom stereocenters. The molecule has 2 aromatic rings. The molecule has 0 spiro atoms. The highest BCUT2D eigenvalue weighted by Crippen LogP contribution is 2.38. The average Bonchev–Trinajstić information content (AvgIpc) is 2.57. The third-order valence-electron chi connectivity index (χ3n) is 4.70. The van der Waals surface area contributed by atoms with Gasteiger partial charge in [-0.2, -0.15) is 0 Å². The van der Waals surface area contributed by atoms with Gasteiger partial charge < -0.3 is 14.6 Å². The van der Waals surface area contributed by atoms with Crippen molar-refractivity contribution in [3.8, 4) is 5.75 Å². The molecular weight excluding hydrogens is 438 g/mol. The molecule has 7 heteroatoms. The molecule has 3 rings (SSSR count). The van der Waals surface area contributed by atoms with E-state index in [9.17, 15) is 9.90 Å². The van der Waals surface area contributed by atoms with E-state index in [0.29, 0.717) is 30.4 Å². The Hall–Kier alpha value is -1.21. The maximum atomic E-state index is 11.6. The summed E-state index contributed by atoms with van der Waals surface area (Å²) in [5, 5.41) is 12.2. The number of ether oxygens (including phenoxy) is 1. The van der Waals surface area contributed by atoms with Crippen LogP contribution in [0.15, 0.2) is 45.8 Å². The number of hydrogen-bond donors (Lipinski definition) is 0. The van der Waals surface area contributed by atoms with E-state index >= 15 is 0 Å². The third kappa shape index (κ3) is 4.03. The Labute approximate surface area is 170 Å². The van der Waals surface area contributed by atoms with Crippen molar-refractivity contribution >= 4 is 45.4 Å². The Balaban J connectivity index is 1.84. The summed E-state index contributed by atoms with van der Waals surface area (Å²) in [7, 11) is 1.65. The van der Waals surface area contributed by atoms with Crippen LogP contribution in [0.2, 0.25) is 5.02 Å². The summed E-state index contributed by atoms with van der Waals surface area (Å²) in [5.41, 5.74) is 1.99. The van der Waals surface area contributed by atoms with E-state index in [-0.39, 0.29) is 4.48 Å². The minimum atomic E-state index is -1.01. The van der Waals surface area contributed by atoms with Gasteiger partial charge in [-0.25, -0.2) is 0 Å². The molecule has 1 amide bonds. The Morgan fingerprint density at radius 1 is 1.31 bits per heavy atom. The van der Waals surface area contributed by atoms with E-state index in [2.05, 4.69) is 15.9 Å². The largest absolute Gasteiger partial charge is 0.498 e. The smallest absolute Gasteiger partial charge is 0.257 e. The number of rotatable bonds is 6. The van der Waals surface area contributed by atoms with Gasteiger partial charge in [0.15, 0.2) is 0 Å². The van der Waals surface area contributed by atoms with E-state index in [1.165, 1.54) is 0 Å². The predicted octanol–water partition coefficient (Wildman–Crippen LogP) is 4.47. The summed E-state index contributed by atoms with van der Waals surface area (Å²) in [4.78, 5) is 12.5. The molecule has 2 aromatic carbocycles. The van der Waals surface area contributed by atoms with Crippen LogP contribution in [0.4, 0.5) is 4.79 Å². The Morgan fingerprint density at radius 3 is 2.69 bits per heavy atom. The number of likely N-dealkylation sites (tertiary alicyclic amines) is 1. The number of quaternary nitrogens is 1. The lowest BCUT2D eigenvalue weighted by atomic mass is 10.1. The molecule has 0 radical (unpaired) electrons. The first-order valence-corrected chi connectivity index (χ1v) is 10.4. The van der Waals surface area contributed by atoms with Gasteiger partial charge in [0.05, 0.1) is 25.2 Å². The van der Waals surface area contributed by atoms with Crippen LogP contribution in [0.1, 0.15) is 17.5 Å². The van der Waals surface area contributed by atoms with Crippen molar-refractivity contribution in [2.45, 2.75) is 23.6 Å². The fraction of sp³-hybridized carbons (Fsp3) is 0.316. The quantitative estimate of drug-likeness (QED) is 0.475. The van der Waals surface area contributed by atoms with Crippen LogP contribution in [-0.4, -0.2) is 30.8 Å². The second-order valence-corrected chi connectivity index (χ2v) is 8.65. The van der Waals surface area contributed by atoms with Gasteiger partial charge in [0.25, 0.3) is 6.09 Å². The molecule has 0 atom stereocenters. The summed E-state index contributed by atoms with van der Waals surface area (Å²) in [5.74, 6) is 1.49. The first-order valence-electron chi connectivity index (χ1n) is 8.25. The SMILES string of the molecule is COc1ccc(Br)cc1CSc1c(Cl)cccc1C[N+]1(C(=O)[O-])CCC1. The second kappa shape index (κ2) is 8.21. The third-order valence-corrected chi connectivity index (χ3v) is 6.84. The van der Waals surface area contributed by atoms with Crippen molar-refractivity contribution < 1.29 is 19.1 Å². The molecule has 0 N–H and O–H groups in total. The number of carboxylic acid groups (broad SMARTS) is 1. The molecule has 0 saturated carbocycles. The molecule has 1 heterocycles. The lowest BCUT2D eigenvalue weighted by Crippen LogP contribution is -2.65. The lowest BCUT2D eigenvalue weighted by Gasteiger charge is -2.45. The van der Waals surface area contributed by atoms with Gasteiger partial charge in [0.2, 0.25) is 0 Å². The van der Waals surface area contributed by atoms with Crippen LogP contribution < -0.4 is 9.84 Å². The van der Waals surface area contributed by atoms with Crippen molar-refractivity contribution in [2.24, 2.45) is 0 Å². The summed E-state index contributed by atoms with van der Waals surface area (Å²) in [6, 6.07) is 11.5. The number of hydrogen-bond acceptors (Lipinski definition) is 4. The predicted molar refractivity (Wildman–Crippen MR) is 105 cm³/mol. The lowest BCUT2D eigenvalue weighted by molar-refractivity contribution is -0.924. The van der Waals surface area contributed by atoms with Crippen LogP contribution in [0.3, 0.4) is 0 Å². The highest BCUT2D eigenvalue weighted by molar-refractivity contribution is 9.10. The molecule has 1 aliphatic heterocycles. The van der Waals surface area contributed by atoms with Gasteiger partial charge >= 0.3 is 0 Å². The minimum absolute atomic E-state index is 0.0197. The molecule has 1 fully saturated rings. The summed E-state index contributed by atoms with van der Waals surface area (Å²) >= 11 is 11.5. The van der Waals surface area contributed by atoms with E-state index < -0.39 is 6.09 Å². The fourth-order valence-corrected chi connectivity index (χ4v) is 4.94. The van der Waals surface area contributed by atoms with E-state index in [4.69, 9.17) is 16.3 Å². The normalized spacial score (nSPS) is 15.3. The summed E-state index contributed by atoms with van der Waals surface area (Å²) in [6.07, 6.45) is -0.104. The Bertz CT molecular complexity index is 826. The standard InChI is InChI=1S/C19H19BrClNO3S/c1-25-17-7-6-15(20)10-14(17)12-26-18-13(4-2-5-16(18)21)11-22(19(23)24)8-3-9-22/h2,4-7,10H,3,8-9,11-12H2,1H3. The van der Waals surface area contributed by atoms with E-state index in [1.807, 2.05) is 36.4 Å². The van der Waals surface area contributed by atoms with Gasteiger partial charge in [-0.1, -0.05) is 39.7 Å². The first kappa shape index (κ1) is 19.5. The number of amides is 1. The number of carbonyl (C=O) groups is 1. The van der Waals surface area contributed by atoms with Crippen molar-refractivity contribution in [3.05, 3.63) is 57.0 Å². The highest BCUT2D eigenvalue weighted by Gasteiger charge is 2.38. The maximum absolute atomic E-state index is 11.6. The minimum Gasteiger partial charge on any atom is -0.498 e. The zero-order chi connectivity index (χ0) is 18.7. The molecule has 1 saturated heterocycles. The van der Waals surface area contributed by atoms with Gasteiger partial charge in [0.1, 0.15) is 12.3 Å². The van der Waals surface area contributed by atoms with Gasteiger partial charge in [-0.3, -0.25) is 4.48 Å². The molecular formula is C19H19BrClNO3S. The molecule has 138 valence electrons. The van der Waals surface area contributed by atoms with Gasteiger partial charge in [-0.05, 0) is 24.3 Å². The molecule has 0 aliphatic carbocycles. The summed E-state index contributed by atoms with van der Waals surface area (Å²) < 4.78 is 6.39. The number of carbonyl (C=O) groups excluding carboxylic acids is 1. The van der Waals surface area contributed by atoms with Crippen molar-refractivity contribution in [1.82, 2.24) is 0 Å². The van der Waals surface area contributed by atoms with Crippen LogP contribution in [-0.2, 0) is 12.3 Å². The Kier molecular flexibility index (Phi) is 6.17. The number of nitrogens with zero attached hydrogens (tertiary/aromatic N) is 1. The van der Waals surface area contributed by atoms with E-state index in [0.717, 1.165) is 32.7 Å². The van der Waals surface area contributed by atoms with Crippen LogP contribution >= 0.6 is 39.3 Å². The van der Waals surface area contributed by atoms with Gasteiger partial charge in [0, 0.05) is 32.7 Å². The van der Waals surface area contributed by atoms with Crippen molar-refractivity contribution in [1.29, 1.82) is 0 Å². The Morgan fingerprint density at radius 2 is 2.08 bits per heavy atom. The highest BCUT2D eigenvalue weighted by atomic mass is 79.9. The molecule has 26 heavy (non-hydrogen) atoms. The average molecular weight is 457 g/mol. The zero-order valence-corrected chi connectivity index (χ0v) is 17.5. The zero-order valence-electron chi connectivity index (χ0n) is 14.3.